The summed E-state index contributed by atoms with van der Waals surface area (Å²) in [4.78, 5) is 28.4. The maximum Gasteiger partial charge on any atom is 0.317 e. The summed E-state index contributed by atoms with van der Waals surface area (Å²) in [6.45, 7) is 9.28. The van der Waals surface area contributed by atoms with Crippen LogP contribution in [0.1, 0.15) is 52.4 Å². The van der Waals surface area contributed by atoms with Gasteiger partial charge in [0.2, 0.25) is 5.89 Å². The lowest BCUT2D eigenvalue weighted by atomic mass is 9.96. The second-order valence-corrected chi connectivity index (χ2v) is 6.50. The fourth-order valence-corrected chi connectivity index (χ4v) is 1.64. The van der Waals surface area contributed by atoms with Gasteiger partial charge in [0.25, 0.3) is 0 Å². The van der Waals surface area contributed by atoms with E-state index in [-0.39, 0.29) is 12.0 Å². The highest BCUT2D eigenvalue weighted by Crippen LogP contribution is 2.20. The van der Waals surface area contributed by atoms with Crippen molar-refractivity contribution in [2.45, 2.75) is 46.1 Å². The van der Waals surface area contributed by atoms with Gasteiger partial charge in [-0.1, -0.05) is 32.9 Å². The third-order valence-corrected chi connectivity index (χ3v) is 3.14. The number of carboxylic acids is 1. The molecule has 0 bridgehead atoms. The molecule has 22 heavy (non-hydrogen) atoms. The van der Waals surface area contributed by atoms with Gasteiger partial charge in [0.05, 0.1) is 5.92 Å². The molecule has 0 aliphatic carbocycles. The topological polar surface area (TPSA) is 109 Å². The number of aromatic nitrogens is 2. The second kappa shape index (κ2) is 6.76. The van der Waals surface area contributed by atoms with Crippen molar-refractivity contribution in [3.05, 3.63) is 11.7 Å². The van der Waals surface area contributed by atoms with Crippen molar-refractivity contribution in [3.8, 4) is 0 Å². The van der Waals surface area contributed by atoms with Crippen molar-refractivity contribution in [2.24, 2.45) is 5.92 Å². The van der Waals surface area contributed by atoms with Gasteiger partial charge in [0.1, 0.15) is 6.04 Å². The van der Waals surface area contributed by atoms with Crippen LogP contribution < -0.4 is 5.32 Å². The third kappa shape index (κ3) is 4.71. The van der Waals surface area contributed by atoms with Crippen molar-refractivity contribution in [3.63, 3.8) is 0 Å². The molecule has 0 saturated carbocycles. The van der Waals surface area contributed by atoms with Crippen molar-refractivity contribution in [1.29, 1.82) is 0 Å². The Kier molecular flexibility index (Phi) is 5.51. The lowest BCUT2D eigenvalue weighted by Crippen LogP contribution is -2.41. The molecule has 0 radical (unpaired) electrons. The van der Waals surface area contributed by atoms with E-state index in [0.29, 0.717) is 11.7 Å². The standard InChI is InChI=1S/C14H24N4O4/c1-8(11(19)20)7-18(6)13(21)15-9(2)10-16-12(17-22-10)14(3,4)5/h8-9H,7H2,1-6H3,(H,15,21)(H,19,20). The first-order chi connectivity index (χ1) is 10.0. The van der Waals surface area contributed by atoms with Gasteiger partial charge >= 0.3 is 12.0 Å². The lowest BCUT2D eigenvalue weighted by Gasteiger charge is -2.21. The van der Waals surface area contributed by atoms with Gasteiger partial charge in [-0.05, 0) is 6.92 Å². The van der Waals surface area contributed by atoms with Crippen LogP contribution in [0.5, 0.6) is 0 Å². The van der Waals surface area contributed by atoms with Crippen LogP contribution >= 0.6 is 0 Å². The fraction of sp³-hybridized carbons (Fsp3) is 0.714. The molecule has 0 fully saturated rings. The first-order valence-corrected chi connectivity index (χ1v) is 7.11. The minimum Gasteiger partial charge on any atom is -0.481 e. The summed E-state index contributed by atoms with van der Waals surface area (Å²) in [5.41, 5.74) is -0.237. The molecule has 8 nitrogen and oxygen atoms in total. The Labute approximate surface area is 129 Å². The number of rotatable bonds is 5. The number of amides is 2. The van der Waals surface area contributed by atoms with E-state index in [9.17, 15) is 9.59 Å². The van der Waals surface area contributed by atoms with Gasteiger partial charge in [-0.25, -0.2) is 4.79 Å². The monoisotopic (exact) mass is 312 g/mol. The van der Waals surface area contributed by atoms with Gasteiger partial charge in [0, 0.05) is 19.0 Å². The molecule has 1 rings (SSSR count). The number of carboxylic acid groups (broad SMARTS) is 1. The predicted octanol–water partition coefficient (Wildman–Crippen LogP) is 1.79. The normalized spacial score (nSPS) is 14.3. The number of carbonyl (C=O) groups excluding carboxylic acids is 1. The van der Waals surface area contributed by atoms with Crippen molar-refractivity contribution >= 4 is 12.0 Å². The molecular formula is C14H24N4O4. The summed E-state index contributed by atoms with van der Waals surface area (Å²) < 4.78 is 5.16. The fourth-order valence-electron chi connectivity index (χ4n) is 1.64. The van der Waals surface area contributed by atoms with E-state index < -0.39 is 24.0 Å². The molecule has 124 valence electrons. The van der Waals surface area contributed by atoms with E-state index in [4.69, 9.17) is 9.63 Å². The zero-order valence-corrected chi connectivity index (χ0v) is 13.9. The number of carbonyl (C=O) groups is 2. The van der Waals surface area contributed by atoms with Crippen molar-refractivity contribution in [2.75, 3.05) is 13.6 Å². The van der Waals surface area contributed by atoms with Crippen LogP contribution in [0.2, 0.25) is 0 Å². The Bertz CT molecular complexity index is 535. The van der Waals surface area contributed by atoms with E-state index in [1.165, 1.54) is 11.9 Å². The number of aliphatic carboxylic acids is 1. The maximum atomic E-state index is 12.0. The quantitative estimate of drug-likeness (QED) is 0.858. The van der Waals surface area contributed by atoms with E-state index in [1.807, 2.05) is 20.8 Å². The van der Waals surface area contributed by atoms with Gasteiger partial charge in [0.15, 0.2) is 5.82 Å². The minimum absolute atomic E-state index is 0.116. The molecule has 0 spiro atoms. The van der Waals surface area contributed by atoms with Gasteiger partial charge < -0.3 is 19.8 Å². The smallest absolute Gasteiger partial charge is 0.317 e. The highest BCUT2D eigenvalue weighted by atomic mass is 16.5. The minimum atomic E-state index is -0.945. The van der Waals surface area contributed by atoms with Gasteiger partial charge in [-0.15, -0.1) is 0 Å². The Morgan fingerprint density at radius 1 is 1.36 bits per heavy atom. The van der Waals surface area contributed by atoms with E-state index >= 15 is 0 Å². The number of nitrogens with zero attached hydrogens (tertiary/aromatic N) is 3. The van der Waals surface area contributed by atoms with Crippen LogP contribution in [0.3, 0.4) is 0 Å². The summed E-state index contributed by atoms with van der Waals surface area (Å²) in [5.74, 6) is -0.698. The summed E-state index contributed by atoms with van der Waals surface area (Å²) in [6.07, 6.45) is 0. The molecule has 2 amide bonds. The third-order valence-electron chi connectivity index (χ3n) is 3.14. The molecule has 0 saturated heterocycles. The van der Waals surface area contributed by atoms with Crippen molar-refractivity contribution < 1.29 is 19.2 Å². The molecule has 1 aromatic heterocycles. The number of urea groups is 1. The van der Waals surface area contributed by atoms with Gasteiger partial charge in [-0.2, -0.15) is 4.98 Å². The zero-order chi connectivity index (χ0) is 17.1. The summed E-state index contributed by atoms with van der Waals surface area (Å²) >= 11 is 0. The van der Waals surface area contributed by atoms with Crippen LogP contribution in [-0.4, -0.2) is 45.7 Å². The Morgan fingerprint density at radius 3 is 2.41 bits per heavy atom. The van der Waals surface area contributed by atoms with Crippen LogP contribution in [0.4, 0.5) is 4.79 Å². The van der Waals surface area contributed by atoms with Crippen LogP contribution in [0.15, 0.2) is 4.52 Å². The van der Waals surface area contributed by atoms with E-state index in [0.717, 1.165) is 0 Å². The van der Waals surface area contributed by atoms with E-state index in [1.54, 1.807) is 13.8 Å². The van der Waals surface area contributed by atoms with Gasteiger partial charge in [-0.3, -0.25) is 4.79 Å². The number of hydrogen-bond donors (Lipinski definition) is 2. The lowest BCUT2D eigenvalue weighted by molar-refractivity contribution is -0.141. The van der Waals surface area contributed by atoms with Crippen LogP contribution in [0, 0.1) is 5.92 Å². The summed E-state index contributed by atoms with van der Waals surface area (Å²) in [5, 5.41) is 15.5. The number of hydrogen-bond acceptors (Lipinski definition) is 5. The molecule has 0 aliphatic heterocycles. The molecular weight excluding hydrogens is 288 g/mol. The first-order valence-electron chi connectivity index (χ1n) is 7.11. The second-order valence-electron chi connectivity index (χ2n) is 6.50. The first kappa shape index (κ1) is 17.9. The Hall–Kier alpha value is -2.12. The average Bonchev–Trinajstić information content (AvgIpc) is 2.87. The average molecular weight is 312 g/mol. The molecule has 2 unspecified atom stereocenters. The van der Waals surface area contributed by atoms with E-state index in [2.05, 4.69) is 15.5 Å². The molecule has 2 atom stereocenters. The number of nitrogens with one attached hydrogen (secondary N) is 1. The molecule has 2 N–H and O–H groups in total. The molecule has 0 aliphatic rings. The largest absolute Gasteiger partial charge is 0.481 e. The molecule has 1 heterocycles. The summed E-state index contributed by atoms with van der Waals surface area (Å²) in [6, 6.07) is -0.852. The van der Waals surface area contributed by atoms with Crippen molar-refractivity contribution in [1.82, 2.24) is 20.4 Å². The van der Waals surface area contributed by atoms with Crippen LogP contribution in [0.25, 0.3) is 0 Å². The van der Waals surface area contributed by atoms with Crippen LogP contribution in [-0.2, 0) is 10.2 Å². The molecule has 0 aromatic carbocycles. The Balaban J connectivity index is 2.64. The highest BCUT2D eigenvalue weighted by Gasteiger charge is 2.25. The zero-order valence-electron chi connectivity index (χ0n) is 13.9. The predicted molar refractivity (Wildman–Crippen MR) is 79.4 cm³/mol. The maximum absolute atomic E-state index is 12.0. The molecule has 1 aromatic rings. The molecule has 8 heteroatoms. The highest BCUT2D eigenvalue weighted by molar-refractivity contribution is 5.76. The SMILES string of the molecule is CC(CN(C)C(=O)NC(C)c1nc(C(C)(C)C)no1)C(=O)O. The summed E-state index contributed by atoms with van der Waals surface area (Å²) in [7, 11) is 1.54. The Morgan fingerprint density at radius 2 is 1.95 bits per heavy atom.